The molecular formula is C21H33FIN5O2. The van der Waals surface area contributed by atoms with Gasteiger partial charge in [-0.3, -0.25) is 9.69 Å². The molecule has 7 nitrogen and oxygen atoms in total. The van der Waals surface area contributed by atoms with Gasteiger partial charge in [-0.05, 0) is 24.6 Å². The molecule has 0 atom stereocenters. The van der Waals surface area contributed by atoms with Crippen LogP contribution in [0, 0.1) is 5.82 Å². The van der Waals surface area contributed by atoms with Crippen molar-refractivity contribution < 1.29 is 13.9 Å². The highest BCUT2D eigenvalue weighted by Gasteiger charge is 2.20. The first-order chi connectivity index (χ1) is 13.8. The highest BCUT2D eigenvalue weighted by Crippen LogP contribution is 2.19. The zero-order chi connectivity index (χ0) is 21.4. The normalized spacial score (nSPS) is 14.7. The first-order valence-corrected chi connectivity index (χ1v) is 9.72. The number of rotatable bonds is 7. The molecule has 0 spiro atoms. The number of likely N-dealkylation sites (N-methyl/N-ethyl adjacent to an activating group) is 1. The third-order valence-electron chi connectivity index (χ3n) is 4.71. The van der Waals surface area contributed by atoms with Crippen molar-refractivity contribution in [1.29, 1.82) is 0 Å². The van der Waals surface area contributed by atoms with Crippen molar-refractivity contribution in [3.63, 3.8) is 0 Å². The van der Waals surface area contributed by atoms with E-state index in [1.807, 2.05) is 13.0 Å². The Hall–Kier alpha value is -1.88. The highest BCUT2D eigenvalue weighted by atomic mass is 127. The van der Waals surface area contributed by atoms with Gasteiger partial charge >= 0.3 is 0 Å². The van der Waals surface area contributed by atoms with Gasteiger partial charge in [0.2, 0.25) is 5.91 Å². The summed E-state index contributed by atoms with van der Waals surface area (Å²) in [6, 6.07) is 5.08. The molecule has 1 aliphatic rings. The first-order valence-electron chi connectivity index (χ1n) is 9.72. The van der Waals surface area contributed by atoms with E-state index in [1.54, 1.807) is 20.2 Å². The van der Waals surface area contributed by atoms with Gasteiger partial charge in [0.1, 0.15) is 6.54 Å². The second kappa shape index (κ2) is 12.7. The van der Waals surface area contributed by atoms with E-state index >= 15 is 0 Å². The topological polar surface area (TPSA) is 60.4 Å². The Labute approximate surface area is 196 Å². The summed E-state index contributed by atoms with van der Waals surface area (Å²) in [6.45, 7) is 10.5. The van der Waals surface area contributed by atoms with Crippen LogP contribution < -0.4 is 10.1 Å². The van der Waals surface area contributed by atoms with Crippen LogP contribution in [0.5, 0.6) is 5.75 Å². The molecule has 1 N–H and O–H groups in total. The molecule has 1 fully saturated rings. The van der Waals surface area contributed by atoms with Gasteiger partial charge in [0.15, 0.2) is 17.5 Å². The number of aliphatic imine (C=N–C) groups is 1. The van der Waals surface area contributed by atoms with E-state index in [-0.39, 0.29) is 48.0 Å². The third-order valence-corrected chi connectivity index (χ3v) is 4.71. The molecule has 0 radical (unpaired) electrons. The molecule has 0 saturated carbocycles. The van der Waals surface area contributed by atoms with Crippen molar-refractivity contribution in [2.24, 2.45) is 4.99 Å². The van der Waals surface area contributed by atoms with Crippen LogP contribution in [0.2, 0.25) is 0 Å². The van der Waals surface area contributed by atoms with Crippen LogP contribution in [0.4, 0.5) is 4.39 Å². The molecular weight excluding hydrogens is 500 g/mol. The van der Waals surface area contributed by atoms with E-state index in [4.69, 9.17) is 4.74 Å². The van der Waals surface area contributed by atoms with Gasteiger partial charge in [0.25, 0.3) is 0 Å². The quantitative estimate of drug-likeness (QED) is 0.252. The minimum Gasteiger partial charge on any atom is -0.494 e. The lowest BCUT2D eigenvalue weighted by atomic mass is 10.2. The Bertz CT molecular complexity index is 749. The first kappa shape index (κ1) is 26.2. The smallest absolute Gasteiger partial charge is 0.243 e. The molecule has 9 heteroatoms. The van der Waals surface area contributed by atoms with E-state index in [0.29, 0.717) is 13.1 Å². The number of guanidine groups is 1. The summed E-state index contributed by atoms with van der Waals surface area (Å²) in [6.07, 6.45) is 0. The SMILES string of the molecule is C=C(C)CNC(=NCC(=O)N(C)C)N1CCN(Cc2ccc(OC)c(F)c2)CC1.I. The molecule has 1 amide bonds. The number of carbonyl (C=O) groups excluding carboxylic acids is 1. The van der Waals surface area contributed by atoms with Gasteiger partial charge in [0.05, 0.1) is 7.11 Å². The Balaban J connectivity index is 0.00000450. The number of nitrogens with zero attached hydrogens (tertiary/aromatic N) is 4. The van der Waals surface area contributed by atoms with E-state index in [0.717, 1.165) is 43.3 Å². The molecule has 1 saturated heterocycles. The lowest BCUT2D eigenvalue weighted by Gasteiger charge is -2.36. The monoisotopic (exact) mass is 533 g/mol. The summed E-state index contributed by atoms with van der Waals surface area (Å²) in [5.41, 5.74) is 1.92. The van der Waals surface area contributed by atoms with Crippen LogP contribution >= 0.6 is 24.0 Å². The molecule has 30 heavy (non-hydrogen) atoms. The number of ether oxygens (including phenoxy) is 1. The number of carbonyl (C=O) groups is 1. The summed E-state index contributed by atoms with van der Waals surface area (Å²) in [4.78, 5) is 22.4. The average molecular weight is 533 g/mol. The number of benzene rings is 1. The van der Waals surface area contributed by atoms with Crippen LogP contribution in [0.15, 0.2) is 35.3 Å². The maximum absolute atomic E-state index is 13.9. The minimum absolute atomic E-state index is 0. The van der Waals surface area contributed by atoms with Crippen LogP contribution in [-0.4, -0.2) is 87.0 Å². The summed E-state index contributed by atoms with van der Waals surface area (Å²) in [7, 11) is 4.91. The van der Waals surface area contributed by atoms with Crippen LogP contribution in [0.3, 0.4) is 0 Å². The van der Waals surface area contributed by atoms with E-state index < -0.39 is 0 Å². The van der Waals surface area contributed by atoms with Gasteiger partial charge in [-0.25, -0.2) is 9.38 Å². The Morgan fingerprint density at radius 3 is 2.50 bits per heavy atom. The van der Waals surface area contributed by atoms with E-state index in [1.165, 1.54) is 18.1 Å². The summed E-state index contributed by atoms with van der Waals surface area (Å²) in [5, 5.41) is 3.29. The van der Waals surface area contributed by atoms with Crippen molar-refractivity contribution >= 4 is 35.8 Å². The Kier molecular flexibility index (Phi) is 11.1. The van der Waals surface area contributed by atoms with Crippen LogP contribution in [0.25, 0.3) is 0 Å². The zero-order valence-electron chi connectivity index (χ0n) is 18.3. The van der Waals surface area contributed by atoms with E-state index in [9.17, 15) is 9.18 Å². The van der Waals surface area contributed by atoms with Gasteiger partial charge in [-0.1, -0.05) is 18.2 Å². The van der Waals surface area contributed by atoms with Crippen LogP contribution in [0.1, 0.15) is 12.5 Å². The number of amides is 1. The molecule has 1 aromatic carbocycles. The fourth-order valence-electron chi connectivity index (χ4n) is 2.97. The highest BCUT2D eigenvalue weighted by molar-refractivity contribution is 14.0. The average Bonchev–Trinajstić information content (AvgIpc) is 2.68. The molecule has 2 rings (SSSR count). The third kappa shape index (κ3) is 8.10. The van der Waals surface area contributed by atoms with Crippen molar-refractivity contribution in [1.82, 2.24) is 20.0 Å². The predicted octanol–water partition coefficient (Wildman–Crippen LogP) is 2.18. The molecule has 168 valence electrons. The van der Waals surface area contributed by atoms with Crippen molar-refractivity contribution in [3.8, 4) is 5.75 Å². The summed E-state index contributed by atoms with van der Waals surface area (Å²) < 4.78 is 18.9. The standard InChI is InChI=1S/C21H32FN5O2.HI/c1-16(2)13-23-21(24-14-20(28)25(3)4)27-10-8-26(9-11-27)15-17-6-7-19(29-5)18(22)12-17;/h6-7,12H,1,8-11,13-15H2,2-5H3,(H,23,24);1H. The predicted molar refractivity (Wildman–Crippen MR) is 129 cm³/mol. The summed E-state index contributed by atoms with van der Waals surface area (Å²) >= 11 is 0. The molecule has 0 aliphatic carbocycles. The maximum Gasteiger partial charge on any atom is 0.243 e. The van der Waals surface area contributed by atoms with E-state index in [2.05, 4.69) is 26.7 Å². The van der Waals surface area contributed by atoms with Gasteiger partial charge in [-0.2, -0.15) is 0 Å². The van der Waals surface area contributed by atoms with Gasteiger partial charge < -0.3 is 19.9 Å². The van der Waals surface area contributed by atoms with Crippen molar-refractivity contribution in [3.05, 3.63) is 41.7 Å². The zero-order valence-corrected chi connectivity index (χ0v) is 20.6. The Morgan fingerprint density at radius 1 is 1.30 bits per heavy atom. The van der Waals surface area contributed by atoms with Crippen molar-refractivity contribution in [2.75, 3.05) is 60.5 Å². The number of piperazine rings is 1. The molecule has 1 aromatic rings. The number of nitrogens with one attached hydrogen (secondary N) is 1. The maximum atomic E-state index is 13.9. The minimum atomic E-state index is -0.340. The fourth-order valence-corrected chi connectivity index (χ4v) is 2.97. The largest absolute Gasteiger partial charge is 0.494 e. The number of hydrogen-bond acceptors (Lipinski definition) is 4. The van der Waals surface area contributed by atoms with Crippen LogP contribution in [-0.2, 0) is 11.3 Å². The fraction of sp³-hybridized carbons (Fsp3) is 0.524. The van der Waals surface area contributed by atoms with Gasteiger partial charge in [0, 0.05) is 53.4 Å². The van der Waals surface area contributed by atoms with Crippen molar-refractivity contribution in [2.45, 2.75) is 13.5 Å². The lowest BCUT2D eigenvalue weighted by Crippen LogP contribution is -2.52. The summed E-state index contributed by atoms with van der Waals surface area (Å²) in [5.74, 6) is 0.598. The second-order valence-corrected chi connectivity index (χ2v) is 7.47. The second-order valence-electron chi connectivity index (χ2n) is 7.47. The Morgan fingerprint density at radius 2 is 1.97 bits per heavy atom. The number of hydrogen-bond donors (Lipinski definition) is 1. The molecule has 0 aromatic heterocycles. The van der Waals surface area contributed by atoms with Gasteiger partial charge in [-0.15, -0.1) is 24.0 Å². The molecule has 1 aliphatic heterocycles. The number of methoxy groups -OCH3 is 1. The lowest BCUT2D eigenvalue weighted by molar-refractivity contribution is -0.127. The molecule has 0 unspecified atom stereocenters. The molecule has 1 heterocycles. The number of halogens is 2. The molecule has 0 bridgehead atoms.